The Morgan fingerprint density at radius 2 is 2.08 bits per heavy atom. The molecule has 1 fully saturated rings. The zero-order chi connectivity index (χ0) is 17.4. The van der Waals surface area contributed by atoms with Crippen LogP contribution in [0.15, 0.2) is 24.3 Å². The number of aromatic amines is 1. The number of nitrogens with zero attached hydrogens (tertiary/aromatic N) is 5. The number of hydrogen-bond acceptors (Lipinski definition) is 4. The van der Waals surface area contributed by atoms with E-state index in [0.29, 0.717) is 6.54 Å². The lowest BCUT2D eigenvalue weighted by atomic mass is 10.0. The molecular formula is C18H22N6O. The molecule has 7 nitrogen and oxygen atoms in total. The smallest absolute Gasteiger partial charge is 0.243 e. The molecule has 1 unspecified atom stereocenters. The number of carbonyl (C=O) groups is 1. The van der Waals surface area contributed by atoms with E-state index in [1.165, 1.54) is 0 Å². The molecule has 0 saturated carbocycles. The summed E-state index contributed by atoms with van der Waals surface area (Å²) in [6.07, 6.45) is 3.02. The molecule has 1 saturated heterocycles. The van der Waals surface area contributed by atoms with Gasteiger partial charge in [-0.2, -0.15) is 5.10 Å². The highest BCUT2D eigenvalue weighted by Crippen LogP contribution is 2.29. The summed E-state index contributed by atoms with van der Waals surface area (Å²) in [7, 11) is 0. The van der Waals surface area contributed by atoms with Crippen molar-refractivity contribution < 1.29 is 4.79 Å². The molecule has 0 radical (unpaired) electrons. The van der Waals surface area contributed by atoms with Crippen LogP contribution >= 0.6 is 0 Å². The molecule has 25 heavy (non-hydrogen) atoms. The van der Waals surface area contributed by atoms with Crippen LogP contribution < -0.4 is 0 Å². The van der Waals surface area contributed by atoms with E-state index in [0.717, 1.165) is 54.3 Å². The summed E-state index contributed by atoms with van der Waals surface area (Å²) in [5, 5.41) is 7.18. The molecule has 130 valence electrons. The number of aryl methyl sites for hydroxylation is 2. The van der Waals surface area contributed by atoms with Gasteiger partial charge in [-0.15, -0.1) is 0 Å². The van der Waals surface area contributed by atoms with Crippen molar-refractivity contribution in [3.8, 4) is 0 Å². The second-order valence-electron chi connectivity index (χ2n) is 6.61. The summed E-state index contributed by atoms with van der Waals surface area (Å²) in [6, 6.07) is 7.89. The fraction of sp³-hybridized carbons (Fsp3) is 0.444. The van der Waals surface area contributed by atoms with E-state index >= 15 is 0 Å². The minimum absolute atomic E-state index is 0.0405. The van der Waals surface area contributed by atoms with Crippen LogP contribution in [0.1, 0.15) is 42.8 Å². The van der Waals surface area contributed by atoms with Gasteiger partial charge in [0.05, 0.1) is 17.1 Å². The Morgan fingerprint density at radius 1 is 1.24 bits per heavy atom. The van der Waals surface area contributed by atoms with Crippen LogP contribution in [0.25, 0.3) is 11.0 Å². The first-order valence-corrected chi connectivity index (χ1v) is 8.74. The molecule has 0 aliphatic carbocycles. The van der Waals surface area contributed by atoms with E-state index in [1.807, 2.05) is 47.6 Å². The van der Waals surface area contributed by atoms with Gasteiger partial charge >= 0.3 is 0 Å². The normalized spacial score (nSPS) is 18.0. The van der Waals surface area contributed by atoms with Crippen molar-refractivity contribution in [1.82, 2.24) is 29.6 Å². The minimum Gasteiger partial charge on any atom is -0.331 e. The largest absolute Gasteiger partial charge is 0.331 e. The number of piperidine rings is 1. The highest BCUT2D eigenvalue weighted by molar-refractivity contribution is 5.81. The SMILES string of the molecule is Cc1nc(C2CCCCN2C(=O)Cn2c(C)nc3ccccc32)n[nH]1. The first-order valence-electron chi connectivity index (χ1n) is 8.74. The number of aromatic nitrogens is 5. The Balaban J connectivity index is 1.61. The van der Waals surface area contributed by atoms with Crippen molar-refractivity contribution in [3.05, 3.63) is 41.7 Å². The van der Waals surface area contributed by atoms with Crippen LogP contribution in [0.3, 0.4) is 0 Å². The third kappa shape index (κ3) is 2.90. The number of fused-ring (bicyclic) bond motifs is 1. The maximum Gasteiger partial charge on any atom is 0.243 e. The molecule has 0 bridgehead atoms. The fourth-order valence-electron chi connectivity index (χ4n) is 3.63. The predicted octanol–water partition coefficient (Wildman–Crippen LogP) is 2.53. The van der Waals surface area contributed by atoms with Crippen molar-refractivity contribution in [1.29, 1.82) is 0 Å². The van der Waals surface area contributed by atoms with Gasteiger partial charge in [0.1, 0.15) is 18.2 Å². The van der Waals surface area contributed by atoms with E-state index < -0.39 is 0 Å². The average Bonchev–Trinajstić information content (AvgIpc) is 3.19. The van der Waals surface area contributed by atoms with E-state index in [2.05, 4.69) is 20.2 Å². The molecule has 1 aromatic carbocycles. The Labute approximate surface area is 146 Å². The number of benzene rings is 1. The molecule has 7 heteroatoms. The summed E-state index contributed by atoms with van der Waals surface area (Å²) in [5.41, 5.74) is 1.92. The van der Waals surface area contributed by atoms with Gasteiger partial charge in [0.25, 0.3) is 0 Å². The number of likely N-dealkylation sites (tertiary alicyclic amines) is 1. The lowest BCUT2D eigenvalue weighted by Gasteiger charge is -2.34. The number of imidazole rings is 1. The predicted molar refractivity (Wildman–Crippen MR) is 93.9 cm³/mol. The number of amides is 1. The number of nitrogens with one attached hydrogen (secondary N) is 1. The number of para-hydroxylation sites is 2. The van der Waals surface area contributed by atoms with Gasteiger partial charge in [0, 0.05) is 6.54 Å². The van der Waals surface area contributed by atoms with Crippen LogP contribution in [-0.4, -0.2) is 42.1 Å². The molecule has 1 aliphatic rings. The topological polar surface area (TPSA) is 79.7 Å². The fourth-order valence-corrected chi connectivity index (χ4v) is 3.63. The van der Waals surface area contributed by atoms with Gasteiger partial charge in [0.15, 0.2) is 5.82 Å². The molecule has 1 N–H and O–H groups in total. The van der Waals surface area contributed by atoms with Crippen molar-refractivity contribution >= 4 is 16.9 Å². The third-order valence-corrected chi connectivity index (χ3v) is 4.87. The molecule has 4 rings (SSSR count). The van der Waals surface area contributed by atoms with Crippen LogP contribution in [0, 0.1) is 13.8 Å². The number of carbonyl (C=O) groups excluding carboxylic acids is 1. The molecule has 0 spiro atoms. The van der Waals surface area contributed by atoms with Gasteiger partial charge < -0.3 is 9.47 Å². The van der Waals surface area contributed by atoms with Gasteiger partial charge in [-0.25, -0.2) is 9.97 Å². The maximum absolute atomic E-state index is 13.1. The average molecular weight is 338 g/mol. The third-order valence-electron chi connectivity index (χ3n) is 4.87. The summed E-state index contributed by atoms with van der Waals surface area (Å²) in [4.78, 5) is 24.0. The zero-order valence-corrected chi connectivity index (χ0v) is 14.6. The molecule has 3 aromatic rings. The summed E-state index contributed by atoms with van der Waals surface area (Å²) >= 11 is 0. The standard InChI is InChI=1S/C18H22N6O/c1-12-19-18(22-21-12)16-9-5-6-10-23(16)17(25)11-24-13(2)20-14-7-3-4-8-15(14)24/h3-4,7-8,16H,5-6,9-11H2,1-2H3,(H,19,21,22). The molecule has 3 heterocycles. The molecule has 1 atom stereocenters. The van der Waals surface area contributed by atoms with E-state index in [-0.39, 0.29) is 11.9 Å². The molecule has 1 aliphatic heterocycles. The Hall–Kier alpha value is -2.70. The van der Waals surface area contributed by atoms with Crippen molar-refractivity contribution in [2.24, 2.45) is 0 Å². The van der Waals surface area contributed by atoms with E-state index in [1.54, 1.807) is 0 Å². The lowest BCUT2D eigenvalue weighted by molar-refractivity contribution is -0.135. The summed E-state index contributed by atoms with van der Waals surface area (Å²) in [5.74, 6) is 2.46. The maximum atomic E-state index is 13.1. The highest BCUT2D eigenvalue weighted by atomic mass is 16.2. The lowest BCUT2D eigenvalue weighted by Crippen LogP contribution is -2.40. The van der Waals surface area contributed by atoms with E-state index in [4.69, 9.17) is 0 Å². The Kier molecular flexibility index (Phi) is 3.99. The Morgan fingerprint density at radius 3 is 2.88 bits per heavy atom. The van der Waals surface area contributed by atoms with Crippen LogP contribution in [0.2, 0.25) is 0 Å². The van der Waals surface area contributed by atoms with Crippen molar-refractivity contribution in [3.63, 3.8) is 0 Å². The van der Waals surface area contributed by atoms with Crippen LogP contribution in [-0.2, 0) is 11.3 Å². The summed E-state index contributed by atoms with van der Waals surface area (Å²) in [6.45, 7) is 4.88. The molecular weight excluding hydrogens is 316 g/mol. The van der Waals surface area contributed by atoms with Crippen LogP contribution in [0.5, 0.6) is 0 Å². The second-order valence-corrected chi connectivity index (χ2v) is 6.61. The number of H-pyrrole nitrogens is 1. The van der Waals surface area contributed by atoms with Gasteiger partial charge in [-0.3, -0.25) is 9.89 Å². The van der Waals surface area contributed by atoms with Gasteiger partial charge in [0.2, 0.25) is 5.91 Å². The van der Waals surface area contributed by atoms with Gasteiger partial charge in [-0.1, -0.05) is 12.1 Å². The van der Waals surface area contributed by atoms with Crippen LogP contribution in [0.4, 0.5) is 0 Å². The molecule has 2 aromatic heterocycles. The molecule has 1 amide bonds. The van der Waals surface area contributed by atoms with Gasteiger partial charge in [-0.05, 0) is 45.2 Å². The van der Waals surface area contributed by atoms with Crippen molar-refractivity contribution in [2.75, 3.05) is 6.54 Å². The zero-order valence-electron chi connectivity index (χ0n) is 14.6. The first kappa shape index (κ1) is 15.8. The monoisotopic (exact) mass is 338 g/mol. The first-order chi connectivity index (χ1) is 12.1. The summed E-state index contributed by atoms with van der Waals surface area (Å²) < 4.78 is 1.99. The quantitative estimate of drug-likeness (QED) is 0.796. The number of hydrogen-bond donors (Lipinski definition) is 1. The Bertz CT molecular complexity index is 911. The van der Waals surface area contributed by atoms with E-state index in [9.17, 15) is 4.79 Å². The second kappa shape index (κ2) is 6.31. The van der Waals surface area contributed by atoms with Crippen molar-refractivity contribution in [2.45, 2.75) is 45.7 Å². The number of rotatable bonds is 3. The minimum atomic E-state index is -0.0405. The highest BCUT2D eigenvalue weighted by Gasteiger charge is 2.31.